The maximum absolute atomic E-state index is 13.7. The third kappa shape index (κ3) is 3.42. The summed E-state index contributed by atoms with van der Waals surface area (Å²) < 4.78 is 15.2. The number of hydrogen-bond donors (Lipinski definition) is 1. The smallest absolute Gasteiger partial charge is 0.259 e. The first-order valence-electron chi connectivity index (χ1n) is 7.07. The number of nitrogens with one attached hydrogen (secondary N) is 1. The van der Waals surface area contributed by atoms with Crippen LogP contribution < -0.4 is 5.32 Å². The van der Waals surface area contributed by atoms with Gasteiger partial charge < -0.3 is 5.32 Å². The first-order chi connectivity index (χ1) is 11.6. The van der Waals surface area contributed by atoms with Crippen LogP contribution in [0.1, 0.15) is 15.9 Å². The predicted octanol–water partition coefficient (Wildman–Crippen LogP) is 4.63. The molecule has 0 saturated carbocycles. The van der Waals surface area contributed by atoms with Crippen molar-refractivity contribution in [2.75, 3.05) is 5.32 Å². The third-order valence-electron chi connectivity index (χ3n) is 3.43. The molecule has 0 aliphatic carbocycles. The van der Waals surface area contributed by atoms with Gasteiger partial charge in [-0.05, 0) is 23.8 Å². The van der Waals surface area contributed by atoms with E-state index in [1.165, 1.54) is 24.4 Å². The van der Waals surface area contributed by atoms with E-state index in [2.05, 4.69) is 10.4 Å². The number of anilines is 1. The molecule has 7 heteroatoms. The summed E-state index contributed by atoms with van der Waals surface area (Å²) in [7, 11) is 0. The lowest BCUT2D eigenvalue weighted by molar-refractivity contribution is 0.102. The highest BCUT2D eigenvalue weighted by Crippen LogP contribution is 2.26. The van der Waals surface area contributed by atoms with Crippen molar-refractivity contribution in [3.05, 3.63) is 81.7 Å². The zero-order valence-corrected chi connectivity index (χ0v) is 13.9. The average molecular weight is 364 g/mol. The van der Waals surface area contributed by atoms with Gasteiger partial charge in [0.2, 0.25) is 0 Å². The zero-order valence-electron chi connectivity index (χ0n) is 12.3. The van der Waals surface area contributed by atoms with E-state index in [1.54, 1.807) is 28.9 Å². The normalized spacial score (nSPS) is 10.6. The van der Waals surface area contributed by atoms with Gasteiger partial charge >= 0.3 is 0 Å². The minimum Gasteiger partial charge on any atom is -0.307 e. The Balaban J connectivity index is 1.82. The Labute approximate surface area is 147 Å². The van der Waals surface area contributed by atoms with Gasteiger partial charge in [-0.3, -0.25) is 4.79 Å². The fourth-order valence-corrected chi connectivity index (χ4v) is 2.61. The molecule has 0 bridgehead atoms. The number of amides is 1. The third-order valence-corrected chi connectivity index (χ3v) is 4.29. The van der Waals surface area contributed by atoms with E-state index in [0.29, 0.717) is 22.4 Å². The molecule has 122 valence electrons. The predicted molar refractivity (Wildman–Crippen MR) is 92.1 cm³/mol. The van der Waals surface area contributed by atoms with Crippen LogP contribution >= 0.6 is 23.2 Å². The lowest BCUT2D eigenvalue weighted by Gasteiger charge is -2.11. The molecule has 0 atom stereocenters. The van der Waals surface area contributed by atoms with Gasteiger partial charge in [0.05, 0.1) is 28.4 Å². The minimum absolute atomic E-state index is 0.0361. The van der Waals surface area contributed by atoms with Gasteiger partial charge in [-0.1, -0.05) is 47.5 Å². The number of nitrogens with zero attached hydrogens (tertiary/aromatic N) is 2. The van der Waals surface area contributed by atoms with E-state index >= 15 is 0 Å². The second-order valence-corrected chi connectivity index (χ2v) is 5.81. The molecule has 24 heavy (non-hydrogen) atoms. The Bertz CT molecular complexity index is 895. The van der Waals surface area contributed by atoms with Gasteiger partial charge in [0.1, 0.15) is 11.6 Å². The number of hydrogen-bond acceptors (Lipinski definition) is 2. The molecule has 1 aromatic heterocycles. The Morgan fingerprint density at radius 2 is 1.92 bits per heavy atom. The number of rotatable bonds is 4. The molecule has 0 unspecified atom stereocenters. The summed E-state index contributed by atoms with van der Waals surface area (Å²) in [5.74, 6) is -0.703. The molecule has 1 heterocycles. The van der Waals surface area contributed by atoms with Gasteiger partial charge in [0.15, 0.2) is 0 Å². The van der Waals surface area contributed by atoms with Crippen LogP contribution in [0, 0.1) is 5.82 Å². The topological polar surface area (TPSA) is 46.9 Å². The maximum atomic E-state index is 13.7. The highest BCUT2D eigenvalue weighted by Gasteiger charge is 2.14. The number of carbonyl (C=O) groups is 1. The number of benzene rings is 2. The molecule has 0 fully saturated rings. The first-order valence-corrected chi connectivity index (χ1v) is 7.82. The molecule has 0 radical (unpaired) electrons. The summed E-state index contributed by atoms with van der Waals surface area (Å²) >= 11 is 12.2. The van der Waals surface area contributed by atoms with Crippen molar-refractivity contribution >= 4 is 34.9 Å². The maximum Gasteiger partial charge on any atom is 0.259 e. The minimum atomic E-state index is -0.584. The molecule has 0 saturated heterocycles. The van der Waals surface area contributed by atoms with Gasteiger partial charge in [-0.15, -0.1) is 0 Å². The SMILES string of the molecule is O=C(Nc1ccnn1Cc1cccc(Cl)c1Cl)c1ccccc1F. The van der Waals surface area contributed by atoms with Gasteiger partial charge in [-0.2, -0.15) is 5.10 Å². The van der Waals surface area contributed by atoms with Crippen LogP contribution in [0.2, 0.25) is 10.0 Å². The molecule has 2 aromatic carbocycles. The fraction of sp³-hybridized carbons (Fsp3) is 0.0588. The van der Waals surface area contributed by atoms with Crippen LogP contribution in [0.5, 0.6) is 0 Å². The largest absolute Gasteiger partial charge is 0.307 e. The van der Waals surface area contributed by atoms with E-state index in [-0.39, 0.29) is 5.56 Å². The summed E-state index contributed by atoms with van der Waals surface area (Å²) in [4.78, 5) is 12.2. The summed E-state index contributed by atoms with van der Waals surface area (Å²) in [5.41, 5.74) is 0.722. The molecular formula is C17H12Cl2FN3O. The lowest BCUT2D eigenvalue weighted by atomic mass is 10.2. The Morgan fingerprint density at radius 1 is 1.12 bits per heavy atom. The van der Waals surface area contributed by atoms with E-state index in [0.717, 1.165) is 5.56 Å². The molecule has 4 nitrogen and oxygen atoms in total. The van der Waals surface area contributed by atoms with Crippen molar-refractivity contribution in [1.29, 1.82) is 0 Å². The van der Waals surface area contributed by atoms with Crippen molar-refractivity contribution in [2.24, 2.45) is 0 Å². The summed E-state index contributed by atoms with van der Waals surface area (Å²) in [6.07, 6.45) is 1.54. The molecule has 3 aromatic rings. The van der Waals surface area contributed by atoms with Gasteiger partial charge in [-0.25, -0.2) is 9.07 Å². The van der Waals surface area contributed by atoms with Crippen molar-refractivity contribution in [2.45, 2.75) is 6.54 Å². The fourth-order valence-electron chi connectivity index (χ4n) is 2.23. The molecule has 1 amide bonds. The van der Waals surface area contributed by atoms with Crippen LogP contribution in [-0.2, 0) is 6.54 Å². The van der Waals surface area contributed by atoms with E-state index < -0.39 is 11.7 Å². The summed E-state index contributed by atoms with van der Waals surface area (Å²) in [6.45, 7) is 0.319. The molecule has 0 aliphatic heterocycles. The van der Waals surface area contributed by atoms with Crippen molar-refractivity contribution in [1.82, 2.24) is 9.78 Å². The first kappa shape index (κ1) is 16.5. The quantitative estimate of drug-likeness (QED) is 0.734. The molecule has 3 rings (SSSR count). The standard InChI is InChI=1S/C17H12Cl2FN3O/c18-13-6-3-4-11(16(13)19)10-23-15(8-9-21-23)22-17(24)12-5-1-2-7-14(12)20/h1-9H,10H2,(H,22,24). The second-order valence-electron chi connectivity index (χ2n) is 5.02. The van der Waals surface area contributed by atoms with E-state index in [1.807, 2.05) is 6.07 Å². The van der Waals surface area contributed by atoms with Gasteiger partial charge in [0, 0.05) is 6.07 Å². The van der Waals surface area contributed by atoms with Crippen LogP contribution in [0.15, 0.2) is 54.7 Å². The van der Waals surface area contributed by atoms with Crippen LogP contribution in [0.3, 0.4) is 0 Å². The average Bonchev–Trinajstić information content (AvgIpc) is 2.99. The van der Waals surface area contributed by atoms with E-state index in [4.69, 9.17) is 23.2 Å². The monoisotopic (exact) mass is 363 g/mol. The lowest BCUT2D eigenvalue weighted by Crippen LogP contribution is -2.17. The molecule has 0 aliphatic rings. The summed E-state index contributed by atoms with van der Waals surface area (Å²) in [5, 5.41) is 7.68. The van der Waals surface area contributed by atoms with Gasteiger partial charge in [0.25, 0.3) is 5.91 Å². The Hall–Kier alpha value is -2.37. The summed E-state index contributed by atoms with van der Waals surface area (Å²) in [6, 6.07) is 12.7. The second kappa shape index (κ2) is 7.03. The molecule has 0 spiro atoms. The van der Waals surface area contributed by atoms with Crippen LogP contribution in [0.4, 0.5) is 10.2 Å². The molecular weight excluding hydrogens is 352 g/mol. The highest BCUT2D eigenvalue weighted by atomic mass is 35.5. The Morgan fingerprint density at radius 3 is 2.71 bits per heavy atom. The van der Waals surface area contributed by atoms with Crippen molar-refractivity contribution in [3.63, 3.8) is 0 Å². The van der Waals surface area contributed by atoms with Crippen molar-refractivity contribution < 1.29 is 9.18 Å². The van der Waals surface area contributed by atoms with E-state index in [9.17, 15) is 9.18 Å². The number of halogens is 3. The highest BCUT2D eigenvalue weighted by molar-refractivity contribution is 6.42. The number of carbonyl (C=O) groups excluding carboxylic acids is 1. The zero-order chi connectivity index (χ0) is 17.1. The Kier molecular flexibility index (Phi) is 4.83. The van der Waals surface area contributed by atoms with Crippen molar-refractivity contribution in [3.8, 4) is 0 Å². The number of aromatic nitrogens is 2. The molecule has 1 N–H and O–H groups in total. The van der Waals surface area contributed by atoms with Crippen LogP contribution in [-0.4, -0.2) is 15.7 Å². The van der Waals surface area contributed by atoms with Crippen LogP contribution in [0.25, 0.3) is 0 Å².